The number of ketones is 1. The van der Waals surface area contributed by atoms with E-state index in [2.05, 4.69) is 16.0 Å². The van der Waals surface area contributed by atoms with Crippen LogP contribution in [0.3, 0.4) is 0 Å². The molecular weight excluding hydrogens is 656 g/mol. The van der Waals surface area contributed by atoms with Crippen LogP contribution in [0.15, 0.2) is 0 Å². The van der Waals surface area contributed by atoms with Gasteiger partial charge in [-0.15, -0.1) is 0 Å². The molecule has 0 aromatic carbocycles. The lowest BCUT2D eigenvalue weighted by atomic mass is 10.0. The molecule has 0 aliphatic carbocycles. The van der Waals surface area contributed by atoms with Crippen molar-refractivity contribution in [2.24, 2.45) is 5.92 Å². The maximum Gasteiger partial charge on any atom is 0.242 e. The summed E-state index contributed by atoms with van der Waals surface area (Å²) in [5.41, 5.74) is 0. The van der Waals surface area contributed by atoms with Crippen LogP contribution in [-0.4, -0.2) is 122 Å². The van der Waals surface area contributed by atoms with E-state index < -0.39 is 35.7 Å². The molecule has 8 radical (unpaired) electrons. The normalized spacial score (nSPS) is 11.9. The quantitative estimate of drug-likeness (QED) is 0.0332. The Hall–Kier alpha value is -3.82. The predicted octanol–water partition coefficient (Wildman–Crippen LogP) is -2.14. The van der Waals surface area contributed by atoms with Crippen LogP contribution in [0.1, 0.15) is 104 Å². The van der Waals surface area contributed by atoms with Crippen molar-refractivity contribution < 1.29 is 38.4 Å². The summed E-state index contributed by atoms with van der Waals surface area (Å²) in [5, 5.41) is 16.4. The molecule has 0 unspecified atom stereocenters. The number of carbonyl (C=O) groups is 8. The Morgan fingerprint density at radius 3 is 1.53 bits per heavy atom. The first-order valence-electron chi connectivity index (χ1n) is 17.4. The fourth-order valence-corrected chi connectivity index (χ4v) is 4.95. The van der Waals surface area contributed by atoms with Gasteiger partial charge in [0.2, 0.25) is 73.3 Å². The third kappa shape index (κ3) is 23.3. The van der Waals surface area contributed by atoms with Gasteiger partial charge >= 0.3 is 0 Å². The first kappa shape index (κ1) is 47.2. The Balaban J connectivity index is 5.10. The highest BCUT2D eigenvalue weighted by atomic mass is 16.2. The summed E-state index contributed by atoms with van der Waals surface area (Å²) in [6.07, 6.45) is 5.54. The molecule has 276 valence electrons. The Labute approximate surface area is 306 Å². The van der Waals surface area contributed by atoms with Gasteiger partial charge in [0, 0.05) is 44.7 Å². The van der Waals surface area contributed by atoms with E-state index in [0.29, 0.717) is 70.8 Å². The van der Waals surface area contributed by atoms with Crippen LogP contribution in [0.25, 0.3) is 0 Å². The van der Waals surface area contributed by atoms with Crippen molar-refractivity contribution in [3.8, 4) is 0 Å². The molecule has 0 aromatic rings. The Kier molecular flexibility index (Phi) is 26.7. The Morgan fingerprint density at radius 2 is 1.00 bits per heavy atom. The van der Waals surface area contributed by atoms with Gasteiger partial charge in [0.05, 0.1) is 19.1 Å². The largest absolute Gasteiger partial charge is 0.409 e. The maximum absolute atomic E-state index is 13.2. The molecule has 0 saturated heterocycles. The molecule has 0 rings (SSSR count). The second-order valence-electron chi connectivity index (χ2n) is 12.4. The van der Waals surface area contributed by atoms with E-state index in [4.69, 9.17) is 31.9 Å². The Morgan fingerprint density at radius 1 is 0.510 bits per heavy atom. The molecule has 0 spiro atoms. The number of Topliss-reactive ketones (excluding diaryl/α,β-unsaturated/α-hetero) is 1. The van der Waals surface area contributed by atoms with Crippen LogP contribution in [0, 0.1) is 5.92 Å². The van der Waals surface area contributed by atoms with Crippen LogP contribution in [0.4, 0.5) is 0 Å². The molecule has 0 aliphatic rings. The standard InChI is InChI=1S/C31H52B4N8O8/c1-21(2)24(44)13-3-4-15-26(46)38-22(11-7-9-17-36-25(45)14-5-6-16-27(47)39-32)30(50)37-18-10-8-12-23(31(51)42-35)43(19-28(48)40-33)20-29(49)41-34/h21-23H,3-20H2,1-2H3,(H,36,45)(H,37,50)(H,38,46)(H,39,47)(H,40,48)(H,41,49)(H,42,51)/t22-,23+/m0/s1. The second-order valence-corrected chi connectivity index (χ2v) is 12.4. The van der Waals surface area contributed by atoms with E-state index in [-0.39, 0.29) is 74.7 Å². The summed E-state index contributed by atoms with van der Waals surface area (Å²) in [5.74, 6) is -3.04. The van der Waals surface area contributed by atoms with Crippen molar-refractivity contribution in [1.82, 2.24) is 41.8 Å². The van der Waals surface area contributed by atoms with Gasteiger partial charge in [0.25, 0.3) is 0 Å². The SMILES string of the molecule is [B]NC(=O)CCCCC(=O)NCCCC[C@H](NC(=O)CCCCC(=O)C(C)C)C(=O)NCCCC[C@H](C(=O)N[B])N(CC(=O)N[B])CC(=O)N[B]. The summed E-state index contributed by atoms with van der Waals surface area (Å²) in [6.45, 7) is 3.47. The van der Waals surface area contributed by atoms with E-state index in [1.165, 1.54) is 4.90 Å². The van der Waals surface area contributed by atoms with Gasteiger partial charge in [-0.05, 0) is 64.2 Å². The summed E-state index contributed by atoms with van der Waals surface area (Å²) < 4.78 is 0. The number of hydrogen-bond acceptors (Lipinski definition) is 9. The molecule has 0 aromatic heterocycles. The summed E-state index contributed by atoms with van der Waals surface area (Å²) in [6, 6.07) is -1.82. The molecule has 7 amide bonds. The van der Waals surface area contributed by atoms with Crippen LogP contribution in [0.2, 0.25) is 0 Å². The third-order valence-electron chi connectivity index (χ3n) is 7.94. The summed E-state index contributed by atoms with van der Waals surface area (Å²) in [4.78, 5) is 98.6. The van der Waals surface area contributed by atoms with Gasteiger partial charge in [-0.3, -0.25) is 43.3 Å². The van der Waals surface area contributed by atoms with E-state index >= 15 is 0 Å². The topological polar surface area (TPSA) is 224 Å². The van der Waals surface area contributed by atoms with Crippen molar-refractivity contribution in [1.29, 1.82) is 0 Å². The van der Waals surface area contributed by atoms with Gasteiger partial charge in [-0.2, -0.15) is 0 Å². The van der Waals surface area contributed by atoms with Crippen molar-refractivity contribution in [2.75, 3.05) is 26.2 Å². The number of amides is 7. The number of carbonyl (C=O) groups excluding carboxylic acids is 8. The molecule has 0 fully saturated rings. The molecule has 7 N–H and O–H groups in total. The molecule has 16 nitrogen and oxygen atoms in total. The molecule has 0 bridgehead atoms. The minimum absolute atomic E-state index is 0.0702. The number of unbranched alkanes of at least 4 members (excludes halogenated alkanes) is 4. The molecule has 51 heavy (non-hydrogen) atoms. The lowest BCUT2D eigenvalue weighted by Crippen LogP contribution is -2.52. The number of rotatable bonds is 29. The fraction of sp³-hybridized carbons (Fsp3) is 0.742. The minimum atomic E-state index is -0.985. The zero-order valence-corrected chi connectivity index (χ0v) is 30.0. The molecule has 20 heteroatoms. The Bertz CT molecular complexity index is 1120. The van der Waals surface area contributed by atoms with Gasteiger partial charge in [-0.1, -0.05) is 13.8 Å². The number of nitrogens with one attached hydrogen (secondary N) is 7. The van der Waals surface area contributed by atoms with Crippen LogP contribution in [-0.2, 0) is 38.4 Å². The molecular formula is C31H52B4N8O8. The van der Waals surface area contributed by atoms with E-state index in [1.54, 1.807) is 0 Å². The number of nitrogens with zero attached hydrogens (tertiary/aromatic N) is 1. The lowest BCUT2D eigenvalue weighted by molar-refractivity contribution is -0.130. The first-order valence-corrected chi connectivity index (χ1v) is 17.4. The molecule has 0 heterocycles. The van der Waals surface area contributed by atoms with Gasteiger partial charge < -0.3 is 36.9 Å². The molecule has 2 atom stereocenters. The average molecular weight is 708 g/mol. The van der Waals surface area contributed by atoms with Crippen LogP contribution in [0.5, 0.6) is 0 Å². The van der Waals surface area contributed by atoms with Gasteiger partial charge in [0.1, 0.15) is 11.8 Å². The van der Waals surface area contributed by atoms with Crippen LogP contribution < -0.4 is 36.9 Å². The highest BCUT2D eigenvalue weighted by Gasteiger charge is 2.28. The lowest BCUT2D eigenvalue weighted by Gasteiger charge is -2.29. The summed E-state index contributed by atoms with van der Waals surface area (Å²) >= 11 is 0. The highest BCUT2D eigenvalue weighted by molar-refractivity contribution is 6.16. The average Bonchev–Trinajstić information content (AvgIpc) is 3.11. The van der Waals surface area contributed by atoms with Crippen molar-refractivity contribution in [2.45, 2.75) is 116 Å². The zero-order chi connectivity index (χ0) is 38.6. The van der Waals surface area contributed by atoms with E-state index in [9.17, 15) is 38.4 Å². The molecule has 0 aliphatic heterocycles. The smallest absolute Gasteiger partial charge is 0.242 e. The minimum Gasteiger partial charge on any atom is -0.409 e. The number of hydrogen-bond donors (Lipinski definition) is 7. The highest BCUT2D eigenvalue weighted by Crippen LogP contribution is 2.11. The van der Waals surface area contributed by atoms with Crippen molar-refractivity contribution in [3.05, 3.63) is 0 Å². The predicted molar refractivity (Wildman–Crippen MR) is 193 cm³/mol. The van der Waals surface area contributed by atoms with Gasteiger partial charge in [0.15, 0.2) is 0 Å². The third-order valence-corrected chi connectivity index (χ3v) is 7.94. The van der Waals surface area contributed by atoms with Crippen molar-refractivity contribution >= 4 is 79.1 Å². The maximum atomic E-state index is 13.2. The van der Waals surface area contributed by atoms with Crippen molar-refractivity contribution in [3.63, 3.8) is 0 Å². The first-order chi connectivity index (χ1) is 24.3. The second kappa shape index (κ2) is 28.8. The summed E-state index contributed by atoms with van der Waals surface area (Å²) in [7, 11) is 20.7. The van der Waals surface area contributed by atoms with Gasteiger partial charge in [-0.25, -0.2) is 0 Å². The van der Waals surface area contributed by atoms with E-state index in [1.807, 2.05) is 34.8 Å². The zero-order valence-electron chi connectivity index (χ0n) is 30.0. The fourth-order valence-electron chi connectivity index (χ4n) is 4.95. The van der Waals surface area contributed by atoms with Crippen LogP contribution >= 0.6 is 0 Å². The van der Waals surface area contributed by atoms with E-state index in [0.717, 1.165) is 0 Å². The monoisotopic (exact) mass is 708 g/mol. The molecule has 0 saturated carbocycles.